The first kappa shape index (κ1) is 19.1. The standard InChI is InChI=1S/C20H24N6O3/c1-13(2)18-21-19(29-23-18)17-12-26(24-22-17)15-8-10-25(11-9-15)20(27)14-4-6-16(28-3)7-5-14/h4-7,12-13,15H,8-11H2,1-3H3. The molecule has 0 atom stereocenters. The molecule has 2 aromatic heterocycles. The van der Waals surface area contributed by atoms with E-state index in [1.54, 1.807) is 31.4 Å². The Hall–Kier alpha value is -3.23. The first-order valence-electron chi connectivity index (χ1n) is 9.74. The zero-order chi connectivity index (χ0) is 20.4. The topological polar surface area (TPSA) is 99.2 Å². The van der Waals surface area contributed by atoms with Crippen molar-refractivity contribution >= 4 is 5.91 Å². The van der Waals surface area contributed by atoms with Crippen LogP contribution in [0.25, 0.3) is 11.6 Å². The van der Waals surface area contributed by atoms with E-state index in [1.807, 2.05) is 29.6 Å². The van der Waals surface area contributed by atoms with Gasteiger partial charge in [0.1, 0.15) is 5.75 Å². The van der Waals surface area contributed by atoms with Crippen LogP contribution in [0.4, 0.5) is 0 Å². The van der Waals surface area contributed by atoms with Crippen LogP contribution in [0.2, 0.25) is 0 Å². The molecule has 0 unspecified atom stereocenters. The summed E-state index contributed by atoms with van der Waals surface area (Å²) in [5.41, 5.74) is 1.24. The van der Waals surface area contributed by atoms with E-state index in [0.717, 1.165) is 18.6 Å². The second kappa shape index (κ2) is 8.02. The Balaban J connectivity index is 1.38. The van der Waals surface area contributed by atoms with Crippen molar-refractivity contribution in [2.75, 3.05) is 20.2 Å². The van der Waals surface area contributed by atoms with Gasteiger partial charge in [0.25, 0.3) is 11.8 Å². The van der Waals surface area contributed by atoms with Gasteiger partial charge in [0, 0.05) is 24.6 Å². The first-order chi connectivity index (χ1) is 14.0. The van der Waals surface area contributed by atoms with E-state index >= 15 is 0 Å². The average Bonchev–Trinajstić information content (AvgIpc) is 3.43. The van der Waals surface area contributed by atoms with Crippen LogP contribution in [0.3, 0.4) is 0 Å². The van der Waals surface area contributed by atoms with E-state index in [4.69, 9.17) is 9.26 Å². The second-order valence-electron chi connectivity index (χ2n) is 7.45. The Morgan fingerprint density at radius 1 is 1.21 bits per heavy atom. The van der Waals surface area contributed by atoms with Gasteiger partial charge in [-0.2, -0.15) is 4.98 Å². The van der Waals surface area contributed by atoms with Crippen LogP contribution in [0.1, 0.15) is 54.8 Å². The van der Waals surface area contributed by atoms with Gasteiger partial charge in [0.2, 0.25) is 0 Å². The van der Waals surface area contributed by atoms with E-state index in [1.165, 1.54) is 0 Å². The molecule has 1 aliphatic heterocycles. The molecule has 9 heteroatoms. The number of nitrogens with zero attached hydrogens (tertiary/aromatic N) is 6. The highest BCUT2D eigenvalue weighted by Gasteiger charge is 2.26. The third-order valence-corrected chi connectivity index (χ3v) is 5.15. The molecule has 0 radical (unpaired) electrons. The molecule has 1 fully saturated rings. The number of hydrogen-bond acceptors (Lipinski definition) is 7. The maximum absolute atomic E-state index is 12.7. The van der Waals surface area contributed by atoms with Crippen LogP contribution in [0.5, 0.6) is 5.75 Å². The number of carbonyl (C=O) groups excluding carboxylic acids is 1. The Morgan fingerprint density at radius 3 is 2.55 bits per heavy atom. The summed E-state index contributed by atoms with van der Waals surface area (Å²) in [6.45, 7) is 5.35. The largest absolute Gasteiger partial charge is 0.497 e. The molecule has 0 aliphatic carbocycles. The molecule has 9 nitrogen and oxygen atoms in total. The monoisotopic (exact) mass is 396 g/mol. The van der Waals surface area contributed by atoms with Gasteiger partial charge in [0.05, 0.1) is 19.3 Å². The van der Waals surface area contributed by atoms with Gasteiger partial charge in [-0.25, -0.2) is 4.68 Å². The van der Waals surface area contributed by atoms with Crippen molar-refractivity contribution < 1.29 is 14.1 Å². The molecule has 0 spiro atoms. The maximum atomic E-state index is 12.7. The van der Waals surface area contributed by atoms with Gasteiger partial charge in [-0.05, 0) is 37.1 Å². The van der Waals surface area contributed by atoms with Crippen molar-refractivity contribution in [2.24, 2.45) is 0 Å². The fourth-order valence-corrected chi connectivity index (χ4v) is 3.38. The highest BCUT2D eigenvalue weighted by Crippen LogP contribution is 2.25. The molecule has 1 saturated heterocycles. The van der Waals surface area contributed by atoms with Crippen molar-refractivity contribution in [1.29, 1.82) is 0 Å². The quantitative estimate of drug-likeness (QED) is 0.654. The summed E-state index contributed by atoms with van der Waals surface area (Å²) in [6.07, 6.45) is 3.46. The molecule has 4 rings (SSSR count). The van der Waals surface area contributed by atoms with E-state index in [9.17, 15) is 4.79 Å². The molecule has 0 bridgehead atoms. The van der Waals surface area contributed by atoms with Gasteiger partial charge in [-0.15, -0.1) is 5.10 Å². The summed E-state index contributed by atoms with van der Waals surface area (Å²) in [5, 5.41) is 12.4. The lowest BCUT2D eigenvalue weighted by atomic mass is 10.0. The normalized spacial score (nSPS) is 15.1. The molecule has 0 N–H and O–H groups in total. The molecule has 29 heavy (non-hydrogen) atoms. The van der Waals surface area contributed by atoms with Crippen LogP contribution in [0, 0.1) is 0 Å². The Labute approximate surface area is 168 Å². The van der Waals surface area contributed by atoms with E-state index in [-0.39, 0.29) is 17.9 Å². The summed E-state index contributed by atoms with van der Waals surface area (Å²) in [7, 11) is 1.61. The van der Waals surface area contributed by atoms with E-state index < -0.39 is 0 Å². The summed E-state index contributed by atoms with van der Waals surface area (Å²) in [4.78, 5) is 19.0. The third-order valence-electron chi connectivity index (χ3n) is 5.15. The zero-order valence-corrected chi connectivity index (χ0v) is 16.8. The highest BCUT2D eigenvalue weighted by atomic mass is 16.5. The number of likely N-dealkylation sites (tertiary alicyclic amines) is 1. The predicted octanol–water partition coefficient (Wildman–Crippen LogP) is 2.94. The summed E-state index contributed by atoms with van der Waals surface area (Å²) < 4.78 is 12.3. The highest BCUT2D eigenvalue weighted by molar-refractivity contribution is 5.94. The Bertz CT molecular complexity index is 970. The van der Waals surface area contributed by atoms with Gasteiger partial charge < -0.3 is 14.2 Å². The molecule has 152 valence electrons. The lowest BCUT2D eigenvalue weighted by molar-refractivity contribution is 0.0689. The Kier molecular flexibility index (Phi) is 5.28. The molecule has 1 amide bonds. The van der Waals surface area contributed by atoms with Gasteiger partial charge >= 0.3 is 0 Å². The second-order valence-corrected chi connectivity index (χ2v) is 7.45. The number of hydrogen-bond donors (Lipinski definition) is 0. The third kappa shape index (κ3) is 3.98. The fraction of sp³-hybridized carbons (Fsp3) is 0.450. The molecular formula is C20H24N6O3. The van der Waals surface area contributed by atoms with Crippen LogP contribution >= 0.6 is 0 Å². The van der Waals surface area contributed by atoms with Crippen molar-refractivity contribution in [1.82, 2.24) is 30.0 Å². The van der Waals surface area contributed by atoms with Crippen LogP contribution in [0.15, 0.2) is 35.0 Å². The number of carbonyl (C=O) groups is 1. The number of ether oxygens (including phenoxy) is 1. The van der Waals surface area contributed by atoms with Crippen LogP contribution in [-0.4, -0.2) is 56.1 Å². The van der Waals surface area contributed by atoms with Crippen LogP contribution in [-0.2, 0) is 0 Å². The van der Waals surface area contributed by atoms with Crippen LogP contribution < -0.4 is 4.74 Å². The van der Waals surface area contributed by atoms with E-state index in [0.29, 0.717) is 36.1 Å². The van der Waals surface area contributed by atoms with Crippen molar-refractivity contribution in [3.8, 4) is 17.3 Å². The Morgan fingerprint density at radius 2 is 1.93 bits per heavy atom. The van der Waals surface area contributed by atoms with Crippen molar-refractivity contribution in [3.05, 3.63) is 41.9 Å². The lowest BCUT2D eigenvalue weighted by Crippen LogP contribution is -2.39. The average molecular weight is 396 g/mol. The number of benzene rings is 1. The summed E-state index contributed by atoms with van der Waals surface area (Å²) in [5.74, 6) is 2.00. The van der Waals surface area contributed by atoms with Crippen molar-refractivity contribution in [2.45, 2.75) is 38.6 Å². The smallest absolute Gasteiger partial charge is 0.280 e. The zero-order valence-electron chi connectivity index (χ0n) is 16.8. The minimum absolute atomic E-state index is 0.0393. The molecule has 0 saturated carbocycles. The minimum Gasteiger partial charge on any atom is -0.497 e. The fourth-order valence-electron chi connectivity index (χ4n) is 3.38. The van der Waals surface area contributed by atoms with Gasteiger partial charge in [-0.3, -0.25) is 4.79 Å². The minimum atomic E-state index is 0.0393. The molecule has 1 aliphatic rings. The van der Waals surface area contributed by atoms with Crippen molar-refractivity contribution in [3.63, 3.8) is 0 Å². The predicted molar refractivity (Wildman–Crippen MR) is 105 cm³/mol. The number of aromatic nitrogens is 5. The number of amides is 1. The number of methoxy groups -OCH3 is 1. The summed E-state index contributed by atoms with van der Waals surface area (Å²) in [6, 6.07) is 7.39. The lowest BCUT2D eigenvalue weighted by Gasteiger charge is -2.31. The number of piperidine rings is 1. The molecule has 3 heterocycles. The SMILES string of the molecule is COc1ccc(C(=O)N2CCC(n3cc(-c4nc(C(C)C)no4)nn3)CC2)cc1. The van der Waals surface area contributed by atoms with Gasteiger partial charge in [0.15, 0.2) is 11.5 Å². The van der Waals surface area contributed by atoms with Gasteiger partial charge in [-0.1, -0.05) is 24.2 Å². The molecule has 1 aromatic carbocycles. The summed E-state index contributed by atoms with van der Waals surface area (Å²) >= 11 is 0. The number of rotatable bonds is 5. The molecular weight excluding hydrogens is 372 g/mol. The first-order valence-corrected chi connectivity index (χ1v) is 9.74. The van der Waals surface area contributed by atoms with E-state index in [2.05, 4.69) is 20.5 Å². The maximum Gasteiger partial charge on any atom is 0.280 e. The molecule has 3 aromatic rings.